The summed E-state index contributed by atoms with van der Waals surface area (Å²) in [6.07, 6.45) is 6.84. The Morgan fingerprint density at radius 1 is 1.21 bits per heavy atom. The number of hydrogen-bond acceptors (Lipinski definition) is 5. The van der Waals surface area contributed by atoms with E-state index in [1.807, 2.05) is 13.8 Å². The third kappa shape index (κ3) is 3.76. The maximum Gasteiger partial charge on any atom is 0.308 e. The van der Waals surface area contributed by atoms with Gasteiger partial charge in [-0.05, 0) is 56.8 Å². The Balaban J connectivity index is 1.43. The molecule has 0 aromatic carbocycles. The van der Waals surface area contributed by atoms with Crippen molar-refractivity contribution in [3.63, 3.8) is 0 Å². The highest BCUT2D eigenvalue weighted by Gasteiger charge is 2.59. The largest absolute Gasteiger partial charge is 0.465 e. The summed E-state index contributed by atoms with van der Waals surface area (Å²) in [5.41, 5.74) is -1.06. The van der Waals surface area contributed by atoms with Crippen LogP contribution in [0.2, 0.25) is 0 Å². The van der Waals surface area contributed by atoms with Crippen LogP contribution in [0.4, 0.5) is 0 Å². The van der Waals surface area contributed by atoms with Crippen LogP contribution >= 0.6 is 0 Å². The quantitative estimate of drug-likeness (QED) is 0.571. The number of hydrogen-bond donors (Lipinski definition) is 1. The van der Waals surface area contributed by atoms with Crippen LogP contribution in [0.5, 0.6) is 0 Å². The fourth-order valence-electron chi connectivity index (χ4n) is 5.24. The Bertz CT molecular complexity index is 486. The van der Waals surface area contributed by atoms with Gasteiger partial charge in [-0.15, -0.1) is 0 Å². The Kier molecular flexibility index (Phi) is 4.92. The van der Waals surface area contributed by atoms with Gasteiger partial charge in [0.15, 0.2) is 0 Å². The molecule has 0 aliphatic heterocycles. The zero-order chi connectivity index (χ0) is 17.4. The Morgan fingerprint density at radius 2 is 1.88 bits per heavy atom. The minimum atomic E-state index is -0.615. The lowest BCUT2D eigenvalue weighted by molar-refractivity contribution is -0.220. The minimum absolute atomic E-state index is 0.0929. The van der Waals surface area contributed by atoms with E-state index < -0.39 is 11.2 Å². The monoisotopic (exact) mass is 338 g/mol. The van der Waals surface area contributed by atoms with Crippen LogP contribution in [0.3, 0.4) is 0 Å². The first-order chi connectivity index (χ1) is 11.3. The molecule has 4 aliphatic rings. The third-order valence-electron chi connectivity index (χ3n) is 6.09. The molecule has 5 heteroatoms. The first-order valence-corrected chi connectivity index (χ1v) is 9.44. The second kappa shape index (κ2) is 6.66. The molecule has 0 saturated heterocycles. The average molecular weight is 338 g/mol. The lowest BCUT2D eigenvalue weighted by atomic mass is 9.52. The van der Waals surface area contributed by atoms with Crippen molar-refractivity contribution in [2.45, 2.75) is 82.8 Å². The lowest BCUT2D eigenvalue weighted by Gasteiger charge is -2.59. The van der Waals surface area contributed by atoms with E-state index >= 15 is 0 Å². The van der Waals surface area contributed by atoms with E-state index in [-0.39, 0.29) is 30.9 Å². The topological polar surface area (TPSA) is 72.8 Å². The van der Waals surface area contributed by atoms with E-state index in [2.05, 4.69) is 0 Å². The molecule has 0 aromatic rings. The van der Waals surface area contributed by atoms with Crippen LogP contribution in [0.15, 0.2) is 0 Å². The van der Waals surface area contributed by atoms with Gasteiger partial charge in [0.2, 0.25) is 0 Å². The number of carbonyl (C=O) groups excluding carboxylic acids is 2. The number of ether oxygens (including phenoxy) is 2. The molecule has 0 amide bonds. The van der Waals surface area contributed by atoms with E-state index in [4.69, 9.17) is 9.47 Å². The van der Waals surface area contributed by atoms with Crippen molar-refractivity contribution >= 4 is 11.9 Å². The third-order valence-corrected chi connectivity index (χ3v) is 6.09. The van der Waals surface area contributed by atoms with Crippen molar-refractivity contribution in [3.05, 3.63) is 0 Å². The zero-order valence-corrected chi connectivity index (χ0v) is 14.9. The van der Waals surface area contributed by atoms with E-state index in [1.165, 1.54) is 6.42 Å². The average Bonchev–Trinajstić information content (AvgIpc) is 2.47. The molecule has 3 atom stereocenters. The second-order valence-electron chi connectivity index (χ2n) is 8.42. The van der Waals surface area contributed by atoms with Crippen LogP contribution in [0, 0.1) is 17.8 Å². The standard InChI is InChI=1S/C19H30O5/c1-3-13(2)17(21)23-6-4-5-16(20)24-19-10-14-7-15(11-19)9-18(22,8-14)12-19/h13-15,22H,3-12H2,1-2H3. The Morgan fingerprint density at radius 3 is 2.46 bits per heavy atom. The van der Waals surface area contributed by atoms with Crippen LogP contribution in [0.25, 0.3) is 0 Å². The molecular formula is C19H30O5. The molecule has 0 heterocycles. The summed E-state index contributed by atoms with van der Waals surface area (Å²) in [5.74, 6) is 0.486. The predicted octanol–water partition coefficient (Wildman–Crippen LogP) is 2.98. The van der Waals surface area contributed by atoms with Crippen molar-refractivity contribution < 1.29 is 24.2 Å². The molecule has 0 spiro atoms. The molecule has 4 rings (SSSR count). The van der Waals surface area contributed by atoms with Gasteiger partial charge in [-0.3, -0.25) is 9.59 Å². The molecule has 3 unspecified atom stereocenters. The van der Waals surface area contributed by atoms with Crippen LogP contribution < -0.4 is 0 Å². The molecule has 4 fully saturated rings. The summed E-state index contributed by atoms with van der Waals surface area (Å²) in [4.78, 5) is 23.8. The van der Waals surface area contributed by atoms with Crippen LogP contribution in [-0.2, 0) is 19.1 Å². The van der Waals surface area contributed by atoms with Gasteiger partial charge in [-0.25, -0.2) is 0 Å². The maximum atomic E-state index is 12.2. The van der Waals surface area contributed by atoms with Crippen molar-refractivity contribution in [1.29, 1.82) is 0 Å². The normalized spacial score (nSPS) is 38.0. The number of aliphatic hydroxyl groups is 1. The summed E-state index contributed by atoms with van der Waals surface area (Å²) in [5, 5.41) is 10.7. The van der Waals surface area contributed by atoms with Gasteiger partial charge >= 0.3 is 11.9 Å². The summed E-state index contributed by atoms with van der Waals surface area (Å²) in [6.45, 7) is 4.05. The molecule has 4 aliphatic carbocycles. The smallest absolute Gasteiger partial charge is 0.308 e. The van der Waals surface area contributed by atoms with E-state index in [0.29, 0.717) is 24.7 Å². The predicted molar refractivity (Wildman–Crippen MR) is 88.1 cm³/mol. The van der Waals surface area contributed by atoms with Gasteiger partial charge in [0.05, 0.1) is 18.1 Å². The lowest BCUT2D eigenvalue weighted by Crippen LogP contribution is -2.60. The number of carbonyl (C=O) groups is 2. The second-order valence-corrected chi connectivity index (χ2v) is 8.42. The van der Waals surface area contributed by atoms with Crippen molar-refractivity contribution in [2.75, 3.05) is 6.61 Å². The molecule has 4 bridgehead atoms. The number of rotatable bonds is 7. The first kappa shape index (κ1) is 17.7. The molecule has 1 N–H and O–H groups in total. The van der Waals surface area contributed by atoms with Crippen molar-refractivity contribution in [2.24, 2.45) is 17.8 Å². The Hall–Kier alpha value is -1.10. The highest BCUT2D eigenvalue weighted by molar-refractivity contribution is 5.72. The van der Waals surface area contributed by atoms with Crippen molar-refractivity contribution in [3.8, 4) is 0 Å². The van der Waals surface area contributed by atoms with E-state index in [9.17, 15) is 14.7 Å². The fourth-order valence-corrected chi connectivity index (χ4v) is 5.24. The highest BCUT2D eigenvalue weighted by Crippen LogP contribution is 2.58. The summed E-state index contributed by atoms with van der Waals surface area (Å²) >= 11 is 0. The van der Waals surface area contributed by atoms with Gasteiger partial charge in [-0.2, -0.15) is 0 Å². The van der Waals surface area contributed by atoms with Crippen LogP contribution in [-0.4, -0.2) is 34.9 Å². The van der Waals surface area contributed by atoms with Gasteiger partial charge < -0.3 is 14.6 Å². The van der Waals surface area contributed by atoms with E-state index in [0.717, 1.165) is 32.1 Å². The highest BCUT2D eigenvalue weighted by atomic mass is 16.6. The summed E-state index contributed by atoms with van der Waals surface area (Å²) < 4.78 is 11.0. The van der Waals surface area contributed by atoms with Gasteiger partial charge in [0, 0.05) is 12.8 Å². The summed E-state index contributed by atoms with van der Waals surface area (Å²) in [6, 6.07) is 0. The molecule has 5 nitrogen and oxygen atoms in total. The van der Waals surface area contributed by atoms with Gasteiger partial charge in [-0.1, -0.05) is 13.8 Å². The fraction of sp³-hybridized carbons (Fsp3) is 0.895. The molecule has 24 heavy (non-hydrogen) atoms. The SMILES string of the molecule is CCC(C)C(=O)OCCCC(=O)OC12CC3CC(CC(O)(C3)C1)C2. The summed E-state index contributed by atoms with van der Waals surface area (Å²) in [7, 11) is 0. The maximum absolute atomic E-state index is 12.2. The zero-order valence-electron chi connectivity index (χ0n) is 14.9. The van der Waals surface area contributed by atoms with E-state index in [1.54, 1.807) is 0 Å². The molecular weight excluding hydrogens is 308 g/mol. The molecule has 0 aromatic heterocycles. The van der Waals surface area contributed by atoms with Crippen molar-refractivity contribution in [1.82, 2.24) is 0 Å². The molecule has 136 valence electrons. The molecule has 4 saturated carbocycles. The first-order valence-electron chi connectivity index (χ1n) is 9.44. The molecule has 0 radical (unpaired) electrons. The van der Waals surface area contributed by atoms with Gasteiger partial charge in [0.1, 0.15) is 5.60 Å². The van der Waals surface area contributed by atoms with Gasteiger partial charge in [0.25, 0.3) is 0 Å². The minimum Gasteiger partial charge on any atom is -0.465 e. The Labute approximate surface area is 144 Å². The van der Waals surface area contributed by atoms with Crippen LogP contribution in [0.1, 0.15) is 71.6 Å². The number of esters is 2.